The number of carbonyl (C=O) groups excluding carboxylic acids is 1. The van der Waals surface area contributed by atoms with E-state index in [-0.39, 0.29) is 11.5 Å². The smallest absolute Gasteiger partial charge is 0.259 e. The molecule has 0 atom stereocenters. The van der Waals surface area contributed by atoms with Crippen molar-refractivity contribution in [1.82, 2.24) is 24.8 Å². The molecule has 2 N–H and O–H groups in total. The summed E-state index contributed by atoms with van der Waals surface area (Å²) in [5, 5.41) is 3.72. The Hall–Kier alpha value is -2.13. The maximum atomic E-state index is 12.6. The van der Waals surface area contributed by atoms with Crippen molar-refractivity contribution in [3.8, 4) is 0 Å². The summed E-state index contributed by atoms with van der Waals surface area (Å²) in [5.41, 5.74) is 2.08. The Morgan fingerprint density at radius 1 is 1.20 bits per heavy atom. The van der Waals surface area contributed by atoms with Gasteiger partial charge in [-0.15, -0.1) is 23.1 Å². The van der Waals surface area contributed by atoms with Crippen LogP contribution in [-0.4, -0.2) is 31.2 Å². The SMILES string of the molecule is O=C(CSCc1nc2sc3c(c2c(=O)[nH]1)CCCC3)NCc1cn2c(n1)CCCC2. The highest BCUT2D eigenvalue weighted by Crippen LogP contribution is 2.33. The molecule has 0 aromatic carbocycles. The minimum atomic E-state index is -0.0387. The van der Waals surface area contributed by atoms with E-state index in [0.29, 0.717) is 23.9 Å². The lowest BCUT2D eigenvalue weighted by molar-refractivity contribution is -0.118. The Bertz CT molecular complexity index is 1120. The van der Waals surface area contributed by atoms with Crippen molar-refractivity contribution in [2.45, 2.75) is 63.8 Å². The number of thiophene rings is 1. The van der Waals surface area contributed by atoms with Crippen molar-refractivity contribution in [3.63, 3.8) is 0 Å². The van der Waals surface area contributed by atoms with E-state index in [1.807, 2.05) is 6.20 Å². The minimum absolute atomic E-state index is 0.0269. The van der Waals surface area contributed by atoms with E-state index < -0.39 is 0 Å². The predicted octanol–water partition coefficient (Wildman–Crippen LogP) is 2.95. The highest BCUT2D eigenvalue weighted by Gasteiger charge is 2.20. The van der Waals surface area contributed by atoms with Crippen LogP contribution in [0.15, 0.2) is 11.0 Å². The van der Waals surface area contributed by atoms with E-state index in [1.54, 1.807) is 11.3 Å². The lowest BCUT2D eigenvalue weighted by atomic mass is 9.97. The molecule has 7 nitrogen and oxygen atoms in total. The number of amides is 1. The Kier molecular flexibility index (Phi) is 5.64. The number of nitrogens with zero attached hydrogens (tertiary/aromatic N) is 3. The Morgan fingerprint density at radius 3 is 2.97 bits per heavy atom. The standard InChI is InChI=1S/C21H25N5O2S2/c27-18(22-9-13-10-26-8-4-3-7-17(26)23-13)12-29-11-16-24-20(28)19-14-5-1-2-6-15(14)30-21(19)25-16/h10H,1-9,11-12H2,(H,22,27)(H,24,25,28). The van der Waals surface area contributed by atoms with E-state index in [1.165, 1.54) is 41.5 Å². The van der Waals surface area contributed by atoms with Gasteiger partial charge in [-0.2, -0.15) is 0 Å². The van der Waals surface area contributed by atoms with Gasteiger partial charge in [0.15, 0.2) is 0 Å². The maximum absolute atomic E-state index is 12.6. The molecule has 0 spiro atoms. The normalized spacial score (nSPS) is 15.7. The van der Waals surface area contributed by atoms with Crippen LogP contribution in [0.4, 0.5) is 0 Å². The molecule has 3 aromatic rings. The third-order valence-corrected chi connectivity index (χ3v) is 7.90. The third kappa shape index (κ3) is 4.05. The van der Waals surface area contributed by atoms with E-state index in [2.05, 4.69) is 24.8 Å². The molecular formula is C21H25N5O2S2. The second-order valence-corrected chi connectivity index (χ2v) is 10.0. The molecule has 0 saturated heterocycles. The molecule has 3 aromatic heterocycles. The van der Waals surface area contributed by atoms with Gasteiger partial charge >= 0.3 is 0 Å². The van der Waals surface area contributed by atoms with Gasteiger partial charge in [-0.3, -0.25) is 9.59 Å². The summed E-state index contributed by atoms with van der Waals surface area (Å²) in [5.74, 6) is 2.59. The number of aromatic amines is 1. The third-order valence-electron chi connectivity index (χ3n) is 5.77. The fraction of sp³-hybridized carbons (Fsp3) is 0.524. The molecule has 1 aliphatic carbocycles. The molecular weight excluding hydrogens is 418 g/mol. The Labute approximate surface area is 182 Å². The zero-order chi connectivity index (χ0) is 20.5. The number of thioether (sulfide) groups is 1. The molecule has 0 fully saturated rings. The van der Waals surface area contributed by atoms with Gasteiger partial charge in [-0.05, 0) is 44.1 Å². The number of aryl methyl sites for hydroxylation is 4. The summed E-state index contributed by atoms with van der Waals surface area (Å²) < 4.78 is 2.19. The largest absolute Gasteiger partial charge is 0.350 e. The number of rotatable bonds is 6. The van der Waals surface area contributed by atoms with Crippen molar-refractivity contribution in [2.75, 3.05) is 5.75 Å². The number of fused-ring (bicyclic) bond motifs is 4. The minimum Gasteiger partial charge on any atom is -0.350 e. The second kappa shape index (κ2) is 8.55. The molecule has 0 saturated carbocycles. The molecule has 0 unspecified atom stereocenters. The van der Waals surface area contributed by atoms with Gasteiger partial charge in [-0.1, -0.05) is 0 Å². The van der Waals surface area contributed by atoms with Crippen LogP contribution in [0.5, 0.6) is 0 Å². The monoisotopic (exact) mass is 443 g/mol. The molecule has 30 heavy (non-hydrogen) atoms. The molecule has 5 rings (SSSR count). The number of aromatic nitrogens is 4. The van der Waals surface area contributed by atoms with Gasteiger partial charge in [0.2, 0.25) is 5.91 Å². The molecule has 1 amide bonds. The van der Waals surface area contributed by atoms with Crippen molar-refractivity contribution >= 4 is 39.2 Å². The van der Waals surface area contributed by atoms with Crippen LogP contribution in [-0.2, 0) is 42.9 Å². The predicted molar refractivity (Wildman–Crippen MR) is 120 cm³/mol. The summed E-state index contributed by atoms with van der Waals surface area (Å²) in [6.07, 6.45) is 9.83. The molecule has 0 bridgehead atoms. The molecule has 1 aliphatic heterocycles. The fourth-order valence-electron chi connectivity index (χ4n) is 4.31. The molecule has 158 valence electrons. The fourth-order valence-corrected chi connectivity index (χ4v) is 6.31. The second-order valence-electron chi connectivity index (χ2n) is 7.97. The van der Waals surface area contributed by atoms with Gasteiger partial charge in [0.1, 0.15) is 16.5 Å². The van der Waals surface area contributed by atoms with Crippen LogP contribution in [0.2, 0.25) is 0 Å². The highest BCUT2D eigenvalue weighted by molar-refractivity contribution is 7.99. The van der Waals surface area contributed by atoms with Gasteiger partial charge in [0.05, 0.1) is 29.1 Å². The number of imidazole rings is 1. The van der Waals surface area contributed by atoms with Crippen molar-refractivity contribution < 1.29 is 4.79 Å². The van der Waals surface area contributed by atoms with Crippen molar-refractivity contribution in [3.05, 3.63) is 44.3 Å². The average Bonchev–Trinajstić information content (AvgIpc) is 3.33. The van der Waals surface area contributed by atoms with Crippen LogP contribution in [0.25, 0.3) is 10.2 Å². The van der Waals surface area contributed by atoms with Crippen LogP contribution >= 0.6 is 23.1 Å². The van der Waals surface area contributed by atoms with Crippen LogP contribution < -0.4 is 10.9 Å². The van der Waals surface area contributed by atoms with Crippen LogP contribution in [0, 0.1) is 0 Å². The molecule has 9 heteroatoms. The lowest BCUT2D eigenvalue weighted by Crippen LogP contribution is -2.25. The van der Waals surface area contributed by atoms with Crippen LogP contribution in [0.3, 0.4) is 0 Å². The van der Waals surface area contributed by atoms with Crippen LogP contribution in [0.1, 0.15) is 53.5 Å². The average molecular weight is 444 g/mol. The lowest BCUT2D eigenvalue weighted by Gasteiger charge is -2.11. The Morgan fingerprint density at radius 2 is 2.07 bits per heavy atom. The van der Waals surface area contributed by atoms with Gasteiger partial charge < -0.3 is 14.9 Å². The number of nitrogens with one attached hydrogen (secondary N) is 2. The number of H-pyrrole nitrogens is 1. The quantitative estimate of drug-likeness (QED) is 0.611. The highest BCUT2D eigenvalue weighted by atomic mass is 32.2. The molecule has 4 heterocycles. The zero-order valence-corrected chi connectivity index (χ0v) is 18.5. The number of hydrogen-bond donors (Lipinski definition) is 2. The van der Waals surface area contributed by atoms with Gasteiger partial charge in [-0.25, -0.2) is 9.97 Å². The first-order chi connectivity index (χ1) is 14.7. The first kappa shape index (κ1) is 19.8. The van der Waals surface area contributed by atoms with E-state index >= 15 is 0 Å². The molecule has 0 radical (unpaired) electrons. The van der Waals surface area contributed by atoms with E-state index in [9.17, 15) is 9.59 Å². The van der Waals surface area contributed by atoms with E-state index in [0.717, 1.165) is 54.0 Å². The van der Waals surface area contributed by atoms with Gasteiger partial charge in [0.25, 0.3) is 5.56 Å². The summed E-state index contributed by atoms with van der Waals surface area (Å²) in [6, 6.07) is 0. The van der Waals surface area contributed by atoms with Crippen molar-refractivity contribution in [2.24, 2.45) is 0 Å². The first-order valence-electron chi connectivity index (χ1n) is 10.6. The summed E-state index contributed by atoms with van der Waals surface area (Å²) >= 11 is 3.12. The summed E-state index contributed by atoms with van der Waals surface area (Å²) in [6.45, 7) is 1.48. The topological polar surface area (TPSA) is 92.7 Å². The van der Waals surface area contributed by atoms with Crippen molar-refractivity contribution in [1.29, 1.82) is 0 Å². The number of hydrogen-bond acceptors (Lipinski definition) is 6. The van der Waals surface area contributed by atoms with E-state index in [4.69, 9.17) is 0 Å². The number of carbonyl (C=O) groups is 1. The maximum Gasteiger partial charge on any atom is 0.259 e. The summed E-state index contributed by atoms with van der Waals surface area (Å²) in [4.78, 5) is 39.1. The zero-order valence-electron chi connectivity index (χ0n) is 16.8. The van der Waals surface area contributed by atoms with Gasteiger partial charge in [0, 0.05) is 24.0 Å². The molecule has 2 aliphatic rings. The Balaban J connectivity index is 1.15. The first-order valence-corrected chi connectivity index (χ1v) is 12.6. The summed E-state index contributed by atoms with van der Waals surface area (Å²) in [7, 11) is 0.